The van der Waals surface area contributed by atoms with E-state index in [0.29, 0.717) is 12.3 Å². The summed E-state index contributed by atoms with van der Waals surface area (Å²) in [6.45, 7) is 13.8. The zero-order chi connectivity index (χ0) is 22.4. The molecule has 2 fully saturated rings. The Morgan fingerprint density at radius 3 is 2.45 bits per heavy atom. The molecule has 3 rings (SSSR count). The fourth-order valence-corrected chi connectivity index (χ4v) is 4.65. The number of carbonyl (C=O) groups excluding carboxylic acids is 2. The van der Waals surface area contributed by atoms with Gasteiger partial charge < -0.3 is 14.5 Å². The molecule has 0 aliphatic carbocycles. The van der Waals surface area contributed by atoms with Crippen molar-refractivity contribution in [2.45, 2.75) is 52.6 Å². The van der Waals surface area contributed by atoms with Gasteiger partial charge in [-0.15, -0.1) is 0 Å². The van der Waals surface area contributed by atoms with Crippen LogP contribution in [0.25, 0.3) is 0 Å². The van der Waals surface area contributed by atoms with Crippen molar-refractivity contribution in [2.24, 2.45) is 11.8 Å². The average molecular weight is 431 g/mol. The van der Waals surface area contributed by atoms with Crippen molar-refractivity contribution >= 4 is 17.7 Å². The topological polar surface area (TPSA) is 66.0 Å². The van der Waals surface area contributed by atoms with Crippen LogP contribution in [0.5, 0.6) is 0 Å². The van der Waals surface area contributed by atoms with Crippen LogP contribution < -0.4 is 4.90 Å². The lowest BCUT2D eigenvalue weighted by Gasteiger charge is -2.40. The molecule has 7 heteroatoms. The maximum atomic E-state index is 12.4. The van der Waals surface area contributed by atoms with Gasteiger partial charge in [0.25, 0.3) is 0 Å². The number of amides is 1. The maximum absolute atomic E-state index is 12.4. The standard InChI is InChI=1S/C24H38N4O3/c1-19(29)28-12-9-20(17-23(30)31-24(2,3)4)21(18-28)8-11-26-13-15-27(16-14-26)22-7-5-6-10-25-22/h5-7,10,20-21H,8-9,11-18H2,1-4H3/t20-,21-/m0/s1. The third-order valence-corrected chi connectivity index (χ3v) is 6.35. The van der Waals surface area contributed by atoms with Crippen molar-refractivity contribution < 1.29 is 14.3 Å². The Bertz CT molecular complexity index is 726. The summed E-state index contributed by atoms with van der Waals surface area (Å²) in [7, 11) is 0. The predicted octanol–water partition coefficient (Wildman–Crippen LogP) is 2.81. The highest BCUT2D eigenvalue weighted by Crippen LogP contribution is 2.30. The van der Waals surface area contributed by atoms with Crippen LogP contribution in [0, 0.1) is 11.8 Å². The number of hydrogen-bond donors (Lipinski definition) is 0. The molecule has 1 aromatic rings. The molecule has 0 saturated carbocycles. The van der Waals surface area contributed by atoms with Gasteiger partial charge in [-0.3, -0.25) is 14.5 Å². The normalized spacial score (nSPS) is 23.0. The number of rotatable bonds is 6. The van der Waals surface area contributed by atoms with Crippen LogP contribution in [0.4, 0.5) is 5.82 Å². The lowest BCUT2D eigenvalue weighted by Crippen LogP contribution is -2.48. The molecule has 1 aromatic heterocycles. The molecule has 2 saturated heterocycles. The van der Waals surface area contributed by atoms with Gasteiger partial charge in [0.15, 0.2) is 0 Å². The second-order valence-electron chi connectivity index (χ2n) is 9.87. The highest BCUT2D eigenvalue weighted by Gasteiger charge is 2.33. The summed E-state index contributed by atoms with van der Waals surface area (Å²) in [6, 6.07) is 6.04. The number of likely N-dealkylation sites (tertiary alicyclic amines) is 1. The van der Waals surface area contributed by atoms with E-state index in [9.17, 15) is 9.59 Å². The first kappa shape index (κ1) is 23.5. The van der Waals surface area contributed by atoms with Crippen molar-refractivity contribution in [3.63, 3.8) is 0 Å². The van der Waals surface area contributed by atoms with E-state index in [1.807, 2.05) is 44.0 Å². The van der Waals surface area contributed by atoms with E-state index in [-0.39, 0.29) is 17.8 Å². The Labute approximate surface area is 186 Å². The summed E-state index contributed by atoms with van der Waals surface area (Å²) in [5, 5.41) is 0. The highest BCUT2D eigenvalue weighted by molar-refractivity contribution is 5.73. The fraction of sp³-hybridized carbons (Fsp3) is 0.708. The lowest BCUT2D eigenvalue weighted by atomic mass is 9.81. The lowest BCUT2D eigenvalue weighted by molar-refractivity contribution is -0.157. The largest absolute Gasteiger partial charge is 0.460 e. The van der Waals surface area contributed by atoms with Crippen LogP contribution in [0.2, 0.25) is 0 Å². The van der Waals surface area contributed by atoms with Crippen LogP contribution >= 0.6 is 0 Å². The van der Waals surface area contributed by atoms with Gasteiger partial charge in [0.1, 0.15) is 11.4 Å². The Kier molecular flexibility index (Phi) is 7.92. The number of aromatic nitrogens is 1. The first-order chi connectivity index (χ1) is 14.7. The minimum atomic E-state index is -0.458. The molecule has 0 aromatic carbocycles. The number of anilines is 1. The van der Waals surface area contributed by atoms with E-state index in [1.54, 1.807) is 6.92 Å². The van der Waals surface area contributed by atoms with Crippen molar-refractivity contribution in [1.29, 1.82) is 0 Å². The molecule has 1 amide bonds. The molecule has 7 nitrogen and oxygen atoms in total. The summed E-state index contributed by atoms with van der Waals surface area (Å²) < 4.78 is 5.57. The monoisotopic (exact) mass is 430 g/mol. The number of carbonyl (C=O) groups is 2. The van der Waals surface area contributed by atoms with Crippen LogP contribution in [-0.2, 0) is 14.3 Å². The fourth-order valence-electron chi connectivity index (χ4n) is 4.65. The van der Waals surface area contributed by atoms with Gasteiger partial charge in [-0.2, -0.15) is 0 Å². The number of esters is 1. The van der Waals surface area contributed by atoms with Gasteiger partial charge in [-0.05, 0) is 64.1 Å². The summed E-state index contributed by atoms with van der Waals surface area (Å²) in [5.74, 6) is 1.66. The summed E-state index contributed by atoms with van der Waals surface area (Å²) in [6.07, 6.45) is 4.16. The minimum absolute atomic E-state index is 0.122. The molecule has 0 unspecified atom stereocenters. The quantitative estimate of drug-likeness (QED) is 0.647. The predicted molar refractivity (Wildman–Crippen MR) is 122 cm³/mol. The number of piperidine rings is 1. The Balaban J connectivity index is 1.52. The first-order valence-corrected chi connectivity index (χ1v) is 11.6. The van der Waals surface area contributed by atoms with E-state index < -0.39 is 5.60 Å². The molecule has 2 aliphatic heterocycles. The van der Waals surface area contributed by atoms with E-state index in [4.69, 9.17) is 4.74 Å². The molecule has 3 heterocycles. The number of nitrogens with zero attached hydrogens (tertiary/aromatic N) is 4. The van der Waals surface area contributed by atoms with Gasteiger partial charge in [0.05, 0.1) is 0 Å². The van der Waals surface area contributed by atoms with Gasteiger partial charge in [-0.1, -0.05) is 6.07 Å². The molecular weight excluding hydrogens is 392 g/mol. The van der Waals surface area contributed by atoms with Crippen molar-refractivity contribution in [3.05, 3.63) is 24.4 Å². The molecule has 0 spiro atoms. The van der Waals surface area contributed by atoms with E-state index >= 15 is 0 Å². The smallest absolute Gasteiger partial charge is 0.306 e. The molecular formula is C24H38N4O3. The summed E-state index contributed by atoms with van der Waals surface area (Å²) in [5.41, 5.74) is -0.458. The first-order valence-electron chi connectivity index (χ1n) is 11.6. The minimum Gasteiger partial charge on any atom is -0.460 e. The molecule has 2 atom stereocenters. The third kappa shape index (κ3) is 7.20. The second kappa shape index (κ2) is 10.4. The van der Waals surface area contributed by atoms with Crippen molar-refractivity contribution in [1.82, 2.24) is 14.8 Å². The molecule has 172 valence electrons. The van der Waals surface area contributed by atoms with Gasteiger partial charge >= 0.3 is 5.97 Å². The van der Waals surface area contributed by atoms with Crippen molar-refractivity contribution in [3.8, 4) is 0 Å². The van der Waals surface area contributed by atoms with Crippen LogP contribution in [-0.4, -0.2) is 78.1 Å². The van der Waals surface area contributed by atoms with Gasteiger partial charge in [-0.25, -0.2) is 4.98 Å². The molecule has 31 heavy (non-hydrogen) atoms. The number of ether oxygens (including phenoxy) is 1. The second-order valence-corrected chi connectivity index (χ2v) is 9.87. The maximum Gasteiger partial charge on any atom is 0.306 e. The van der Waals surface area contributed by atoms with Crippen LogP contribution in [0.1, 0.15) is 47.0 Å². The van der Waals surface area contributed by atoms with Gasteiger partial charge in [0, 0.05) is 58.8 Å². The zero-order valence-electron chi connectivity index (χ0n) is 19.5. The Morgan fingerprint density at radius 2 is 1.84 bits per heavy atom. The molecule has 0 radical (unpaired) electrons. The van der Waals surface area contributed by atoms with Crippen LogP contribution in [0.3, 0.4) is 0 Å². The van der Waals surface area contributed by atoms with E-state index in [1.165, 1.54) is 0 Å². The van der Waals surface area contributed by atoms with Gasteiger partial charge in [0.2, 0.25) is 5.91 Å². The molecule has 0 bridgehead atoms. The number of piperazine rings is 1. The number of hydrogen-bond acceptors (Lipinski definition) is 6. The summed E-state index contributed by atoms with van der Waals surface area (Å²) >= 11 is 0. The average Bonchev–Trinajstić information content (AvgIpc) is 2.72. The van der Waals surface area contributed by atoms with Crippen LogP contribution in [0.15, 0.2) is 24.4 Å². The SMILES string of the molecule is CC(=O)N1CC[C@@H](CC(=O)OC(C)(C)C)[C@@H](CCN2CCN(c3ccccn3)CC2)C1. The third-order valence-electron chi connectivity index (χ3n) is 6.35. The Hall–Kier alpha value is -2.15. The van der Waals surface area contributed by atoms with E-state index in [0.717, 1.165) is 64.5 Å². The number of pyridine rings is 1. The van der Waals surface area contributed by atoms with E-state index in [2.05, 4.69) is 20.9 Å². The molecule has 0 N–H and O–H groups in total. The van der Waals surface area contributed by atoms with Crippen molar-refractivity contribution in [2.75, 3.05) is 50.7 Å². The highest BCUT2D eigenvalue weighted by atomic mass is 16.6. The zero-order valence-corrected chi connectivity index (χ0v) is 19.5. The summed E-state index contributed by atoms with van der Waals surface area (Å²) in [4.78, 5) is 35.6. The Morgan fingerprint density at radius 1 is 1.10 bits per heavy atom. The molecule has 2 aliphatic rings.